The molecule has 2 aromatic carbocycles. The van der Waals surface area contributed by atoms with Crippen molar-refractivity contribution in [2.75, 3.05) is 0 Å². The molecule has 0 spiro atoms. The molecule has 0 aliphatic carbocycles. The summed E-state index contributed by atoms with van der Waals surface area (Å²) in [5.74, 6) is -0.103. The Hall–Kier alpha value is -2.00. The minimum absolute atomic E-state index is 0.0231. The lowest BCUT2D eigenvalue weighted by atomic mass is 10.2. The molecule has 0 radical (unpaired) electrons. The second-order valence-electron chi connectivity index (χ2n) is 4.22. The molecule has 0 amide bonds. The molecule has 0 atom stereocenters. The number of hydrogen-bond acceptors (Lipinski definition) is 4. The number of benzene rings is 2. The SMILES string of the molecule is O=S(=O)(N/N=C\c1ccccc1OC(F)F)c1ccc(Br)cc1. The Morgan fingerprint density at radius 2 is 1.78 bits per heavy atom. The maximum absolute atomic E-state index is 12.3. The second kappa shape index (κ2) is 7.51. The van der Waals surface area contributed by atoms with Gasteiger partial charge in [0.2, 0.25) is 0 Å². The van der Waals surface area contributed by atoms with Crippen molar-refractivity contribution in [2.45, 2.75) is 11.5 Å². The summed E-state index contributed by atoms with van der Waals surface area (Å²) >= 11 is 3.20. The molecule has 122 valence electrons. The molecule has 1 N–H and O–H groups in total. The highest BCUT2D eigenvalue weighted by molar-refractivity contribution is 9.10. The summed E-state index contributed by atoms with van der Waals surface area (Å²) in [6.45, 7) is -2.98. The minimum Gasteiger partial charge on any atom is -0.434 e. The zero-order chi connectivity index (χ0) is 16.9. The van der Waals surface area contributed by atoms with Crippen LogP contribution in [0.15, 0.2) is 63.0 Å². The Morgan fingerprint density at radius 1 is 1.13 bits per heavy atom. The summed E-state index contributed by atoms with van der Waals surface area (Å²) < 4.78 is 53.6. The zero-order valence-corrected chi connectivity index (χ0v) is 13.9. The summed E-state index contributed by atoms with van der Waals surface area (Å²) in [4.78, 5) is 2.03. The topological polar surface area (TPSA) is 67.8 Å². The number of halogens is 3. The van der Waals surface area contributed by atoms with Gasteiger partial charge >= 0.3 is 6.61 Å². The molecule has 0 aromatic heterocycles. The summed E-state index contributed by atoms with van der Waals surface area (Å²) in [5, 5.41) is 3.58. The van der Waals surface area contributed by atoms with Crippen LogP contribution >= 0.6 is 15.9 Å². The monoisotopic (exact) mass is 404 g/mol. The van der Waals surface area contributed by atoms with Crippen LogP contribution in [0.2, 0.25) is 0 Å². The predicted molar refractivity (Wildman–Crippen MR) is 85.1 cm³/mol. The molecule has 0 saturated carbocycles. The molecule has 2 aromatic rings. The van der Waals surface area contributed by atoms with Crippen LogP contribution in [0.4, 0.5) is 8.78 Å². The van der Waals surface area contributed by atoms with E-state index < -0.39 is 16.6 Å². The summed E-state index contributed by atoms with van der Waals surface area (Å²) in [6, 6.07) is 11.8. The van der Waals surface area contributed by atoms with Gasteiger partial charge in [0.1, 0.15) is 5.75 Å². The van der Waals surface area contributed by atoms with Gasteiger partial charge in [-0.25, -0.2) is 4.83 Å². The maximum atomic E-state index is 12.3. The normalized spacial score (nSPS) is 11.8. The molecule has 0 saturated heterocycles. The third-order valence-electron chi connectivity index (χ3n) is 2.64. The van der Waals surface area contributed by atoms with Crippen LogP contribution in [-0.2, 0) is 10.0 Å². The molecule has 2 rings (SSSR count). The summed E-state index contributed by atoms with van der Waals surface area (Å²) in [7, 11) is -3.84. The van der Waals surface area contributed by atoms with Gasteiger partial charge in [-0.15, -0.1) is 0 Å². The van der Waals surface area contributed by atoms with Gasteiger partial charge < -0.3 is 4.74 Å². The van der Waals surface area contributed by atoms with Gasteiger partial charge in [-0.05, 0) is 36.4 Å². The van der Waals surface area contributed by atoms with E-state index in [2.05, 4.69) is 25.8 Å². The molecule has 0 fully saturated rings. The Labute approximate surface area is 140 Å². The van der Waals surface area contributed by atoms with Crippen LogP contribution in [0.25, 0.3) is 0 Å². The lowest BCUT2D eigenvalue weighted by Crippen LogP contribution is -2.18. The smallest absolute Gasteiger partial charge is 0.387 e. The first-order chi connectivity index (χ1) is 10.9. The average molecular weight is 405 g/mol. The number of nitrogens with zero attached hydrogens (tertiary/aromatic N) is 1. The number of nitrogens with one attached hydrogen (secondary N) is 1. The Kier molecular flexibility index (Phi) is 5.67. The van der Waals surface area contributed by atoms with Crippen LogP contribution in [-0.4, -0.2) is 21.2 Å². The van der Waals surface area contributed by atoms with Crippen molar-refractivity contribution in [1.82, 2.24) is 4.83 Å². The van der Waals surface area contributed by atoms with Crippen molar-refractivity contribution in [1.29, 1.82) is 0 Å². The fourth-order valence-corrected chi connectivity index (χ4v) is 2.68. The molecular formula is C14H11BrF2N2O3S. The van der Waals surface area contributed by atoms with Crippen molar-refractivity contribution >= 4 is 32.2 Å². The van der Waals surface area contributed by atoms with E-state index in [-0.39, 0.29) is 16.2 Å². The van der Waals surface area contributed by atoms with Crippen LogP contribution in [0.5, 0.6) is 5.75 Å². The fraction of sp³-hybridized carbons (Fsp3) is 0.0714. The van der Waals surface area contributed by atoms with E-state index in [0.717, 1.165) is 10.7 Å². The van der Waals surface area contributed by atoms with Crippen molar-refractivity contribution < 1.29 is 21.9 Å². The standard InChI is InChI=1S/C14H11BrF2N2O3S/c15-11-5-7-12(8-6-11)23(20,21)19-18-9-10-3-1-2-4-13(10)22-14(16)17/h1-9,14,19H/b18-9-. The maximum Gasteiger partial charge on any atom is 0.387 e. The van der Waals surface area contributed by atoms with Gasteiger partial charge in [-0.2, -0.15) is 22.3 Å². The van der Waals surface area contributed by atoms with E-state index in [1.165, 1.54) is 30.3 Å². The minimum atomic E-state index is -3.84. The first-order valence-corrected chi connectivity index (χ1v) is 8.50. The van der Waals surface area contributed by atoms with Gasteiger partial charge in [0.25, 0.3) is 10.0 Å². The molecule has 0 aliphatic rings. The van der Waals surface area contributed by atoms with Crippen LogP contribution in [0.3, 0.4) is 0 Å². The van der Waals surface area contributed by atoms with E-state index in [1.54, 1.807) is 18.2 Å². The molecule has 0 aliphatic heterocycles. The number of hydrazone groups is 1. The molecule has 0 unspecified atom stereocenters. The van der Waals surface area contributed by atoms with Crippen molar-refractivity contribution in [2.24, 2.45) is 5.10 Å². The zero-order valence-electron chi connectivity index (χ0n) is 11.5. The van der Waals surface area contributed by atoms with Crippen molar-refractivity contribution in [3.63, 3.8) is 0 Å². The van der Waals surface area contributed by atoms with Crippen molar-refractivity contribution in [3.8, 4) is 5.75 Å². The molecule has 9 heteroatoms. The van der Waals surface area contributed by atoms with E-state index in [1.807, 2.05) is 4.83 Å². The molecule has 5 nitrogen and oxygen atoms in total. The van der Waals surface area contributed by atoms with Gasteiger partial charge in [0, 0.05) is 10.0 Å². The first-order valence-electron chi connectivity index (χ1n) is 6.23. The molecule has 23 heavy (non-hydrogen) atoms. The van der Waals surface area contributed by atoms with Crippen LogP contribution in [0.1, 0.15) is 5.56 Å². The average Bonchev–Trinajstić information content (AvgIpc) is 2.49. The Morgan fingerprint density at radius 3 is 2.43 bits per heavy atom. The molecule has 0 bridgehead atoms. The van der Waals surface area contributed by atoms with E-state index >= 15 is 0 Å². The first kappa shape index (κ1) is 17.4. The van der Waals surface area contributed by atoms with Gasteiger partial charge in [0.05, 0.1) is 11.1 Å². The number of rotatable bonds is 6. The number of hydrogen-bond donors (Lipinski definition) is 1. The van der Waals surface area contributed by atoms with Gasteiger partial charge in [0.15, 0.2) is 0 Å². The van der Waals surface area contributed by atoms with Gasteiger partial charge in [-0.3, -0.25) is 0 Å². The van der Waals surface area contributed by atoms with Crippen LogP contribution in [0, 0.1) is 0 Å². The number of sulfonamides is 1. The molecule has 0 heterocycles. The predicted octanol–water partition coefficient (Wildman–Crippen LogP) is 3.36. The fourth-order valence-electron chi connectivity index (χ4n) is 1.62. The summed E-state index contributed by atoms with van der Waals surface area (Å²) in [5.41, 5.74) is 0.214. The van der Waals surface area contributed by atoms with E-state index in [0.29, 0.717) is 0 Å². The number of ether oxygens (including phenoxy) is 1. The number of alkyl halides is 2. The third kappa shape index (κ3) is 5.00. The lowest BCUT2D eigenvalue weighted by molar-refractivity contribution is -0.0499. The largest absolute Gasteiger partial charge is 0.434 e. The summed E-state index contributed by atoms with van der Waals surface area (Å²) in [6.07, 6.45) is 1.09. The highest BCUT2D eigenvalue weighted by Gasteiger charge is 2.12. The lowest BCUT2D eigenvalue weighted by Gasteiger charge is -2.07. The quantitative estimate of drug-likeness (QED) is 0.592. The highest BCUT2D eigenvalue weighted by Crippen LogP contribution is 2.18. The van der Waals surface area contributed by atoms with Crippen LogP contribution < -0.4 is 9.57 Å². The third-order valence-corrected chi connectivity index (χ3v) is 4.40. The Balaban J connectivity index is 2.14. The van der Waals surface area contributed by atoms with E-state index in [4.69, 9.17) is 0 Å². The molecular weight excluding hydrogens is 394 g/mol. The van der Waals surface area contributed by atoms with Crippen molar-refractivity contribution in [3.05, 3.63) is 58.6 Å². The second-order valence-corrected chi connectivity index (χ2v) is 6.80. The Bertz CT molecular complexity index is 796. The van der Waals surface area contributed by atoms with Gasteiger partial charge in [-0.1, -0.05) is 28.1 Å². The van der Waals surface area contributed by atoms with E-state index in [9.17, 15) is 17.2 Å². The number of para-hydroxylation sites is 1. The highest BCUT2D eigenvalue weighted by atomic mass is 79.9.